The first-order valence-corrected chi connectivity index (χ1v) is 5.51. The largest absolute Gasteiger partial charge is 0.486 e. The van der Waals surface area contributed by atoms with Gasteiger partial charge in [0.05, 0.1) is 11.5 Å². The highest BCUT2D eigenvalue weighted by atomic mass is 79.9. The van der Waals surface area contributed by atoms with Gasteiger partial charge in [0, 0.05) is 17.0 Å². The first kappa shape index (κ1) is 12.7. The van der Waals surface area contributed by atoms with E-state index in [-0.39, 0.29) is 11.4 Å². The van der Waals surface area contributed by atoms with Gasteiger partial charge in [-0.15, -0.1) is 6.58 Å². The molecule has 0 fully saturated rings. The average molecular weight is 286 g/mol. The molecule has 0 aliphatic rings. The molecule has 0 aliphatic heterocycles. The highest BCUT2D eigenvalue weighted by molar-refractivity contribution is 9.10. The molecule has 5 heteroatoms. The molecule has 0 saturated heterocycles. The summed E-state index contributed by atoms with van der Waals surface area (Å²) < 4.78 is 6.00. The maximum atomic E-state index is 10.8. The average Bonchev–Trinajstić information content (AvgIpc) is 2.19. The first-order valence-electron chi connectivity index (χ1n) is 4.72. The topological polar surface area (TPSA) is 52.4 Å². The summed E-state index contributed by atoms with van der Waals surface area (Å²) >= 11 is 3.18. The normalized spacial score (nSPS) is 9.88. The second-order valence-electron chi connectivity index (χ2n) is 3.42. The monoisotopic (exact) mass is 285 g/mol. The molecule has 0 radical (unpaired) electrons. The molecule has 1 aromatic rings. The van der Waals surface area contributed by atoms with Crippen LogP contribution in [-0.2, 0) is 0 Å². The van der Waals surface area contributed by atoms with E-state index < -0.39 is 4.92 Å². The molecule has 0 saturated carbocycles. The smallest absolute Gasteiger partial charge is 0.312 e. The number of nitro benzene ring substituents is 1. The van der Waals surface area contributed by atoms with Crippen molar-refractivity contribution in [2.24, 2.45) is 0 Å². The van der Waals surface area contributed by atoms with E-state index in [1.165, 1.54) is 6.07 Å². The lowest BCUT2D eigenvalue weighted by molar-refractivity contribution is -0.385. The fourth-order valence-electron chi connectivity index (χ4n) is 1.09. The fourth-order valence-corrected chi connectivity index (χ4v) is 1.44. The second kappa shape index (κ2) is 5.65. The Labute approximate surface area is 102 Å². The number of ether oxygens (including phenoxy) is 1. The standard InChI is InChI=1S/C11H12BrNO3/c1-8(2)5-6-16-11-4-3-9(12)7-10(11)13(14)15/h3-4,7H,1,5-6H2,2H3. The zero-order valence-electron chi connectivity index (χ0n) is 8.90. The molecule has 16 heavy (non-hydrogen) atoms. The SMILES string of the molecule is C=C(C)CCOc1ccc(Br)cc1[N+](=O)[O-]. The Morgan fingerprint density at radius 2 is 2.31 bits per heavy atom. The predicted molar refractivity (Wildman–Crippen MR) is 65.7 cm³/mol. The van der Waals surface area contributed by atoms with Gasteiger partial charge >= 0.3 is 5.69 Å². The Balaban J connectivity index is 2.78. The third kappa shape index (κ3) is 3.66. The lowest BCUT2D eigenvalue weighted by atomic mass is 10.2. The third-order valence-corrected chi connectivity index (χ3v) is 2.40. The molecule has 0 N–H and O–H groups in total. The highest BCUT2D eigenvalue weighted by Gasteiger charge is 2.15. The molecule has 0 bridgehead atoms. The van der Waals surface area contributed by atoms with Crippen molar-refractivity contribution < 1.29 is 9.66 Å². The van der Waals surface area contributed by atoms with Crippen molar-refractivity contribution in [1.29, 1.82) is 0 Å². The van der Waals surface area contributed by atoms with Gasteiger partial charge in [0.15, 0.2) is 5.75 Å². The summed E-state index contributed by atoms with van der Waals surface area (Å²) in [6, 6.07) is 4.72. The number of benzene rings is 1. The highest BCUT2D eigenvalue weighted by Crippen LogP contribution is 2.30. The lowest BCUT2D eigenvalue weighted by Gasteiger charge is -2.06. The molecule has 0 amide bonds. The van der Waals surface area contributed by atoms with Crippen molar-refractivity contribution in [3.05, 3.63) is 44.9 Å². The van der Waals surface area contributed by atoms with Crippen LogP contribution in [0.2, 0.25) is 0 Å². The zero-order valence-corrected chi connectivity index (χ0v) is 10.5. The van der Waals surface area contributed by atoms with Crippen LogP contribution in [0.15, 0.2) is 34.8 Å². The Morgan fingerprint density at radius 1 is 1.62 bits per heavy atom. The van der Waals surface area contributed by atoms with Gasteiger partial charge in [-0.3, -0.25) is 10.1 Å². The Kier molecular flexibility index (Phi) is 4.49. The van der Waals surface area contributed by atoms with Gasteiger partial charge in [0.25, 0.3) is 0 Å². The van der Waals surface area contributed by atoms with Gasteiger partial charge in [-0.1, -0.05) is 21.5 Å². The van der Waals surface area contributed by atoms with Crippen LogP contribution >= 0.6 is 15.9 Å². The summed E-state index contributed by atoms with van der Waals surface area (Å²) in [6.07, 6.45) is 0.688. The van der Waals surface area contributed by atoms with E-state index in [0.717, 1.165) is 5.57 Å². The second-order valence-corrected chi connectivity index (χ2v) is 4.34. The van der Waals surface area contributed by atoms with E-state index in [1.807, 2.05) is 6.92 Å². The van der Waals surface area contributed by atoms with Gasteiger partial charge in [-0.05, 0) is 19.1 Å². The van der Waals surface area contributed by atoms with Crippen molar-refractivity contribution in [3.63, 3.8) is 0 Å². The molecule has 0 spiro atoms. The molecule has 86 valence electrons. The molecule has 0 unspecified atom stereocenters. The molecular formula is C11H12BrNO3. The molecule has 0 aliphatic carbocycles. The van der Waals surface area contributed by atoms with Gasteiger partial charge in [0.1, 0.15) is 0 Å². The van der Waals surface area contributed by atoms with Crippen molar-refractivity contribution in [2.75, 3.05) is 6.61 Å². The Morgan fingerprint density at radius 3 is 2.88 bits per heavy atom. The number of nitro groups is 1. The van der Waals surface area contributed by atoms with Crippen LogP contribution < -0.4 is 4.74 Å². The van der Waals surface area contributed by atoms with Crippen molar-refractivity contribution in [1.82, 2.24) is 0 Å². The molecule has 0 heterocycles. The molecule has 1 aromatic carbocycles. The van der Waals surface area contributed by atoms with Crippen LogP contribution in [0.1, 0.15) is 13.3 Å². The summed E-state index contributed by atoms with van der Waals surface area (Å²) in [4.78, 5) is 10.3. The van der Waals surface area contributed by atoms with E-state index in [1.54, 1.807) is 12.1 Å². The van der Waals surface area contributed by atoms with Crippen molar-refractivity contribution >= 4 is 21.6 Å². The van der Waals surface area contributed by atoms with Crippen molar-refractivity contribution in [2.45, 2.75) is 13.3 Å². The van der Waals surface area contributed by atoms with Gasteiger partial charge < -0.3 is 4.74 Å². The van der Waals surface area contributed by atoms with Crippen LogP contribution in [0, 0.1) is 10.1 Å². The van der Waals surface area contributed by atoms with Crippen LogP contribution in [0.3, 0.4) is 0 Å². The van der Waals surface area contributed by atoms with Crippen LogP contribution in [0.4, 0.5) is 5.69 Å². The number of halogens is 1. The Bertz CT molecular complexity index is 418. The first-order chi connectivity index (χ1) is 7.50. The number of hydrogen-bond donors (Lipinski definition) is 0. The van der Waals surface area contributed by atoms with Crippen LogP contribution in [0.25, 0.3) is 0 Å². The van der Waals surface area contributed by atoms with Crippen LogP contribution in [0.5, 0.6) is 5.75 Å². The molecule has 4 nitrogen and oxygen atoms in total. The summed E-state index contributed by atoms with van der Waals surface area (Å²) in [5.41, 5.74) is 0.954. The maximum absolute atomic E-state index is 10.8. The van der Waals surface area contributed by atoms with Crippen molar-refractivity contribution in [3.8, 4) is 5.75 Å². The number of nitrogens with zero attached hydrogens (tertiary/aromatic N) is 1. The number of rotatable bonds is 5. The molecular weight excluding hydrogens is 274 g/mol. The third-order valence-electron chi connectivity index (χ3n) is 1.90. The minimum atomic E-state index is -0.457. The van der Waals surface area contributed by atoms with E-state index >= 15 is 0 Å². The van der Waals surface area contributed by atoms with E-state index in [4.69, 9.17) is 4.74 Å². The number of hydrogen-bond acceptors (Lipinski definition) is 3. The van der Waals surface area contributed by atoms with Gasteiger partial charge in [-0.2, -0.15) is 0 Å². The lowest BCUT2D eigenvalue weighted by Crippen LogP contribution is -2.00. The minimum absolute atomic E-state index is 0.0314. The Hall–Kier alpha value is -1.36. The van der Waals surface area contributed by atoms with E-state index in [2.05, 4.69) is 22.5 Å². The summed E-state index contributed by atoms with van der Waals surface area (Å²) in [7, 11) is 0. The van der Waals surface area contributed by atoms with E-state index in [9.17, 15) is 10.1 Å². The molecule has 1 rings (SSSR count). The quantitative estimate of drug-likeness (QED) is 0.471. The van der Waals surface area contributed by atoms with E-state index in [0.29, 0.717) is 17.5 Å². The zero-order chi connectivity index (χ0) is 12.1. The fraction of sp³-hybridized carbons (Fsp3) is 0.273. The minimum Gasteiger partial charge on any atom is -0.486 e. The summed E-state index contributed by atoms with van der Waals surface area (Å²) in [6.45, 7) is 6.03. The van der Waals surface area contributed by atoms with Gasteiger partial charge in [0.2, 0.25) is 0 Å². The predicted octanol–water partition coefficient (Wildman–Crippen LogP) is 3.70. The molecule has 0 aromatic heterocycles. The maximum Gasteiger partial charge on any atom is 0.312 e. The van der Waals surface area contributed by atoms with Crippen LogP contribution in [-0.4, -0.2) is 11.5 Å². The van der Waals surface area contributed by atoms with Gasteiger partial charge in [-0.25, -0.2) is 0 Å². The molecule has 0 atom stereocenters. The summed E-state index contributed by atoms with van der Waals surface area (Å²) in [5.74, 6) is 0.287. The summed E-state index contributed by atoms with van der Waals surface area (Å²) in [5, 5.41) is 10.8.